The number of aryl methyl sites for hydroxylation is 1. The molecule has 0 radical (unpaired) electrons. The molecule has 0 aliphatic carbocycles. The molecule has 1 fully saturated rings. The predicted octanol–water partition coefficient (Wildman–Crippen LogP) is 5.74. The topological polar surface area (TPSA) is 97.2 Å². The lowest BCUT2D eigenvalue weighted by Crippen LogP contribution is -2.31. The van der Waals surface area contributed by atoms with E-state index in [1.54, 1.807) is 42.9 Å². The molecule has 4 heterocycles. The number of ether oxygens (including phenoxy) is 1. The second-order valence-corrected chi connectivity index (χ2v) is 9.71. The van der Waals surface area contributed by atoms with E-state index in [2.05, 4.69) is 30.5 Å². The number of likely N-dealkylation sites (tertiary alicyclic amines) is 1. The van der Waals surface area contributed by atoms with Crippen LogP contribution in [0.4, 0.5) is 21.8 Å². The Labute approximate surface area is 230 Å². The lowest BCUT2D eigenvalue weighted by atomic mass is 10.1. The number of halogens is 1. The van der Waals surface area contributed by atoms with E-state index in [1.165, 1.54) is 6.07 Å². The van der Waals surface area contributed by atoms with Crippen LogP contribution in [0.2, 0.25) is 0 Å². The Morgan fingerprint density at radius 1 is 0.950 bits per heavy atom. The Bertz CT molecular complexity index is 1670. The highest BCUT2D eigenvalue weighted by molar-refractivity contribution is 5.91. The van der Waals surface area contributed by atoms with Gasteiger partial charge in [0.25, 0.3) is 0 Å². The van der Waals surface area contributed by atoms with Crippen LogP contribution in [0.3, 0.4) is 0 Å². The summed E-state index contributed by atoms with van der Waals surface area (Å²) in [6, 6.07) is 17.6. The van der Waals surface area contributed by atoms with E-state index < -0.39 is 0 Å². The van der Waals surface area contributed by atoms with Crippen LogP contribution in [0.25, 0.3) is 22.2 Å². The highest BCUT2D eigenvalue weighted by Gasteiger charge is 2.16. The number of benzene rings is 2. The average Bonchev–Trinajstić information content (AvgIpc) is 3.58. The first-order valence-corrected chi connectivity index (χ1v) is 13.1. The molecule has 3 aromatic heterocycles. The number of carbonyl (C=O) groups is 1. The van der Waals surface area contributed by atoms with Gasteiger partial charge in [0.1, 0.15) is 23.1 Å². The molecule has 10 heteroatoms. The molecule has 9 nitrogen and oxygen atoms in total. The first-order chi connectivity index (χ1) is 19.5. The summed E-state index contributed by atoms with van der Waals surface area (Å²) in [6.07, 6.45) is 7.26. The summed E-state index contributed by atoms with van der Waals surface area (Å²) >= 11 is 0. The standard InChI is InChI=1S/C30H28FN7O2/c1-37-27-7-5-22(40-23-10-13-33-28(18-23)36-29(39)19-38-14-2-3-15-38)17-26(27)35-30(37)34-25-16-21(4-6-24(25)31)20-8-11-32-12-9-20/h4-13,16-18H,2-3,14-15,19H2,1H3,(H,34,35)(H,33,36,39). The van der Waals surface area contributed by atoms with Gasteiger partial charge in [-0.1, -0.05) is 6.07 Å². The number of rotatable bonds is 8. The number of hydrogen-bond donors (Lipinski definition) is 2. The Morgan fingerprint density at radius 3 is 2.58 bits per heavy atom. The van der Waals surface area contributed by atoms with E-state index in [0.29, 0.717) is 41.0 Å². The van der Waals surface area contributed by atoms with Crippen molar-refractivity contribution < 1.29 is 13.9 Å². The molecule has 1 aliphatic rings. The average molecular weight is 538 g/mol. The maximum Gasteiger partial charge on any atom is 0.239 e. The van der Waals surface area contributed by atoms with Gasteiger partial charge in [0.15, 0.2) is 0 Å². The van der Waals surface area contributed by atoms with Crippen molar-refractivity contribution in [2.24, 2.45) is 7.05 Å². The Kier molecular flexibility index (Phi) is 7.07. The summed E-state index contributed by atoms with van der Waals surface area (Å²) in [7, 11) is 1.86. The van der Waals surface area contributed by atoms with Crippen molar-refractivity contribution in [1.29, 1.82) is 0 Å². The SMILES string of the molecule is Cn1c(Nc2cc(-c3ccncc3)ccc2F)nc2cc(Oc3ccnc(NC(=O)CN4CCCC4)c3)ccc21. The molecule has 0 atom stereocenters. The summed E-state index contributed by atoms with van der Waals surface area (Å²) in [5, 5.41) is 5.98. The number of aromatic nitrogens is 4. The Hall–Kier alpha value is -4.83. The second-order valence-electron chi connectivity index (χ2n) is 9.71. The van der Waals surface area contributed by atoms with Crippen LogP contribution in [0.15, 0.2) is 79.3 Å². The number of fused-ring (bicyclic) bond motifs is 1. The fourth-order valence-electron chi connectivity index (χ4n) is 4.83. The first-order valence-electron chi connectivity index (χ1n) is 13.1. The molecular weight excluding hydrogens is 509 g/mol. The van der Waals surface area contributed by atoms with Crippen molar-refractivity contribution in [3.8, 4) is 22.6 Å². The summed E-state index contributed by atoms with van der Waals surface area (Å²) < 4.78 is 22.6. The van der Waals surface area contributed by atoms with Gasteiger partial charge in [-0.05, 0) is 79.5 Å². The minimum absolute atomic E-state index is 0.0933. The van der Waals surface area contributed by atoms with Crippen LogP contribution < -0.4 is 15.4 Å². The highest BCUT2D eigenvalue weighted by atomic mass is 19.1. The van der Waals surface area contributed by atoms with Gasteiger partial charge < -0.3 is 19.9 Å². The normalized spacial score (nSPS) is 13.4. The van der Waals surface area contributed by atoms with Crippen molar-refractivity contribution in [3.63, 3.8) is 0 Å². The molecule has 6 rings (SSSR count). The van der Waals surface area contributed by atoms with Crippen LogP contribution in [0.1, 0.15) is 12.8 Å². The van der Waals surface area contributed by atoms with Crippen LogP contribution >= 0.6 is 0 Å². The van der Waals surface area contributed by atoms with E-state index in [9.17, 15) is 9.18 Å². The van der Waals surface area contributed by atoms with Crippen LogP contribution in [-0.2, 0) is 11.8 Å². The number of nitrogens with zero attached hydrogens (tertiary/aromatic N) is 5. The van der Waals surface area contributed by atoms with Gasteiger partial charge in [-0.15, -0.1) is 0 Å². The van der Waals surface area contributed by atoms with E-state index in [1.807, 2.05) is 41.9 Å². The summed E-state index contributed by atoms with van der Waals surface area (Å²) in [5.74, 6) is 1.56. The molecule has 0 saturated carbocycles. The van der Waals surface area contributed by atoms with Crippen molar-refractivity contribution >= 4 is 34.4 Å². The Balaban J connectivity index is 1.18. The Morgan fingerprint density at radius 2 is 1.75 bits per heavy atom. The van der Waals surface area contributed by atoms with Gasteiger partial charge in [-0.3, -0.25) is 14.7 Å². The first kappa shape index (κ1) is 25.4. The molecule has 40 heavy (non-hydrogen) atoms. The molecule has 1 amide bonds. The fourth-order valence-corrected chi connectivity index (χ4v) is 4.83. The molecule has 2 N–H and O–H groups in total. The minimum atomic E-state index is -0.380. The number of hydrogen-bond acceptors (Lipinski definition) is 7. The van der Waals surface area contributed by atoms with Crippen molar-refractivity contribution in [3.05, 3.63) is 85.1 Å². The molecule has 0 bridgehead atoms. The van der Waals surface area contributed by atoms with Crippen molar-refractivity contribution in [1.82, 2.24) is 24.4 Å². The molecule has 1 saturated heterocycles. The third kappa shape index (κ3) is 5.62. The summed E-state index contributed by atoms with van der Waals surface area (Å²) in [6.45, 7) is 2.26. The maximum absolute atomic E-state index is 14.7. The third-order valence-corrected chi connectivity index (χ3v) is 6.88. The van der Waals surface area contributed by atoms with Crippen molar-refractivity contribution in [2.75, 3.05) is 30.3 Å². The maximum atomic E-state index is 14.7. The molecule has 5 aromatic rings. The highest BCUT2D eigenvalue weighted by Crippen LogP contribution is 2.31. The number of amides is 1. The lowest BCUT2D eigenvalue weighted by Gasteiger charge is -2.14. The largest absolute Gasteiger partial charge is 0.457 e. The zero-order valence-corrected chi connectivity index (χ0v) is 22.0. The second kappa shape index (κ2) is 11.1. The zero-order chi connectivity index (χ0) is 27.5. The molecular formula is C30H28FN7O2. The minimum Gasteiger partial charge on any atom is -0.457 e. The zero-order valence-electron chi connectivity index (χ0n) is 22.0. The van der Waals surface area contributed by atoms with E-state index in [0.717, 1.165) is 42.6 Å². The van der Waals surface area contributed by atoms with Gasteiger partial charge in [0.05, 0.1) is 23.3 Å². The van der Waals surface area contributed by atoms with Crippen LogP contribution in [0.5, 0.6) is 11.5 Å². The summed E-state index contributed by atoms with van der Waals surface area (Å²) in [4.78, 5) is 27.5. The van der Waals surface area contributed by atoms with Crippen molar-refractivity contribution in [2.45, 2.75) is 12.8 Å². The molecule has 0 unspecified atom stereocenters. The molecule has 202 valence electrons. The fraction of sp³-hybridized carbons (Fsp3) is 0.200. The smallest absolute Gasteiger partial charge is 0.239 e. The van der Waals surface area contributed by atoms with Gasteiger partial charge in [0, 0.05) is 37.8 Å². The van der Waals surface area contributed by atoms with E-state index in [-0.39, 0.29) is 11.7 Å². The number of imidazole rings is 1. The molecule has 0 spiro atoms. The number of nitrogens with one attached hydrogen (secondary N) is 2. The molecule has 2 aromatic carbocycles. The monoisotopic (exact) mass is 537 g/mol. The van der Waals surface area contributed by atoms with Gasteiger partial charge in [-0.25, -0.2) is 14.4 Å². The van der Waals surface area contributed by atoms with Crippen LogP contribution in [0, 0.1) is 5.82 Å². The van der Waals surface area contributed by atoms with Gasteiger partial charge in [0.2, 0.25) is 11.9 Å². The molecule has 1 aliphatic heterocycles. The number of pyridine rings is 2. The van der Waals surface area contributed by atoms with Gasteiger partial charge in [-0.2, -0.15) is 0 Å². The number of anilines is 3. The van der Waals surface area contributed by atoms with E-state index >= 15 is 0 Å². The quantitative estimate of drug-likeness (QED) is 0.261. The van der Waals surface area contributed by atoms with Gasteiger partial charge >= 0.3 is 0 Å². The predicted molar refractivity (Wildman–Crippen MR) is 152 cm³/mol. The lowest BCUT2D eigenvalue weighted by molar-refractivity contribution is -0.117. The summed E-state index contributed by atoms with van der Waals surface area (Å²) in [5.41, 5.74) is 3.66. The third-order valence-electron chi connectivity index (χ3n) is 6.88. The van der Waals surface area contributed by atoms with Crippen LogP contribution in [-0.4, -0.2) is 50.0 Å². The number of carbonyl (C=O) groups excluding carboxylic acids is 1. The van der Waals surface area contributed by atoms with E-state index in [4.69, 9.17) is 4.74 Å².